The Hall–Kier alpha value is -3.41. The summed E-state index contributed by atoms with van der Waals surface area (Å²) in [5.41, 5.74) is 5.93. The molecule has 0 atom stereocenters. The molecule has 0 bridgehead atoms. The van der Waals surface area contributed by atoms with Gasteiger partial charge >= 0.3 is 0 Å². The Kier molecular flexibility index (Phi) is 4.01. The molecule has 0 aromatic carbocycles. The van der Waals surface area contributed by atoms with Gasteiger partial charge in [-0.2, -0.15) is 5.10 Å². The van der Waals surface area contributed by atoms with Crippen molar-refractivity contribution >= 4 is 24.1 Å². The molecule has 0 spiro atoms. The summed E-state index contributed by atoms with van der Waals surface area (Å²) >= 11 is 0. The summed E-state index contributed by atoms with van der Waals surface area (Å²) in [5, 5.41) is 10.5. The number of amides is 1. The van der Waals surface area contributed by atoms with E-state index in [1.54, 1.807) is 12.1 Å². The molecule has 2 aromatic heterocycles. The minimum absolute atomic E-state index is 0.274. The first kappa shape index (κ1) is 16.1. The normalized spacial score (nSPS) is 14.7. The van der Waals surface area contributed by atoms with Crippen LogP contribution in [-0.4, -0.2) is 35.1 Å². The lowest BCUT2D eigenvalue weighted by atomic mass is 10.0. The Bertz CT molecular complexity index is 1070. The van der Waals surface area contributed by atoms with E-state index in [0.29, 0.717) is 5.70 Å². The smallest absolute Gasteiger partial charge is 0.276 e. The number of hydrogen-bond acceptors (Lipinski definition) is 5. The lowest BCUT2D eigenvalue weighted by Gasteiger charge is -2.18. The molecule has 2 aliphatic rings. The standard InChI is InChI=1S/C20H18N4O2/c1-24(2)14-8-9-19-16(12-14)15-11-13(5-3-7-18(15)26-19)22-20(25)17-6-4-10-21-23-17/h3-11H,12H2,1-2H3,(H,22,25). The molecule has 2 heterocycles. The average molecular weight is 346 g/mol. The van der Waals surface area contributed by atoms with E-state index in [1.807, 2.05) is 44.5 Å². The Morgan fingerprint density at radius 3 is 2.88 bits per heavy atom. The number of aromatic nitrogens is 2. The van der Waals surface area contributed by atoms with Crippen molar-refractivity contribution in [1.82, 2.24) is 20.4 Å². The van der Waals surface area contributed by atoms with Crippen LogP contribution in [0.3, 0.4) is 0 Å². The van der Waals surface area contributed by atoms with Crippen LogP contribution in [0.25, 0.3) is 18.2 Å². The van der Waals surface area contributed by atoms with Gasteiger partial charge in [0.15, 0.2) is 5.69 Å². The summed E-state index contributed by atoms with van der Waals surface area (Å²) in [6.07, 6.45) is 13.9. The molecule has 0 radical (unpaired) electrons. The van der Waals surface area contributed by atoms with Gasteiger partial charge in [0.2, 0.25) is 0 Å². The SMILES string of the molecule is CN(C)C1=CC=c2oc3c(c2C1)C=C(NC(=O)c1cccnn1)C=CC=3. The van der Waals surface area contributed by atoms with Crippen molar-refractivity contribution in [2.45, 2.75) is 6.42 Å². The quantitative estimate of drug-likeness (QED) is 0.897. The minimum atomic E-state index is -0.296. The first-order valence-electron chi connectivity index (χ1n) is 8.31. The van der Waals surface area contributed by atoms with Crippen LogP contribution < -0.4 is 16.1 Å². The first-order chi connectivity index (χ1) is 12.6. The minimum Gasteiger partial charge on any atom is -0.456 e. The third-order valence-corrected chi connectivity index (χ3v) is 4.35. The Morgan fingerprint density at radius 2 is 2.12 bits per heavy atom. The Morgan fingerprint density at radius 1 is 1.23 bits per heavy atom. The van der Waals surface area contributed by atoms with Gasteiger partial charge in [0.25, 0.3) is 5.91 Å². The number of carbonyl (C=O) groups is 1. The summed E-state index contributed by atoms with van der Waals surface area (Å²) in [6, 6.07) is 3.31. The molecule has 4 rings (SSSR count). The molecular weight excluding hydrogens is 328 g/mol. The molecule has 6 nitrogen and oxygen atoms in total. The van der Waals surface area contributed by atoms with Crippen molar-refractivity contribution in [2.75, 3.05) is 14.1 Å². The maximum atomic E-state index is 12.4. The second-order valence-corrected chi connectivity index (χ2v) is 6.31. The summed E-state index contributed by atoms with van der Waals surface area (Å²) in [7, 11) is 4.05. The predicted molar refractivity (Wildman–Crippen MR) is 99.0 cm³/mol. The summed E-state index contributed by atoms with van der Waals surface area (Å²) in [5.74, 6) is -0.296. The molecular formula is C20H18N4O2. The maximum absolute atomic E-state index is 12.4. The lowest BCUT2D eigenvalue weighted by Crippen LogP contribution is -2.23. The van der Waals surface area contributed by atoms with E-state index in [2.05, 4.69) is 26.5 Å². The highest BCUT2D eigenvalue weighted by Crippen LogP contribution is 2.17. The number of furan rings is 1. The summed E-state index contributed by atoms with van der Waals surface area (Å²) in [4.78, 5) is 14.5. The number of rotatable bonds is 3. The predicted octanol–water partition coefficient (Wildman–Crippen LogP) is 0.973. The van der Waals surface area contributed by atoms with Crippen molar-refractivity contribution in [2.24, 2.45) is 0 Å². The fourth-order valence-electron chi connectivity index (χ4n) is 2.97. The van der Waals surface area contributed by atoms with Gasteiger partial charge in [-0.05, 0) is 42.5 Å². The van der Waals surface area contributed by atoms with Crippen LogP contribution in [0.15, 0.2) is 52.4 Å². The highest BCUT2D eigenvalue weighted by atomic mass is 16.3. The number of allylic oxidation sites excluding steroid dienone is 4. The largest absolute Gasteiger partial charge is 0.456 e. The Labute approximate surface area is 150 Å². The number of nitrogens with zero attached hydrogens (tertiary/aromatic N) is 3. The van der Waals surface area contributed by atoms with E-state index in [9.17, 15) is 4.79 Å². The van der Waals surface area contributed by atoms with Crippen LogP contribution in [-0.2, 0) is 6.42 Å². The Balaban J connectivity index is 1.68. The topological polar surface area (TPSA) is 71.3 Å². The van der Waals surface area contributed by atoms with Gasteiger partial charge in [-0.15, -0.1) is 5.10 Å². The molecule has 1 amide bonds. The van der Waals surface area contributed by atoms with E-state index in [4.69, 9.17) is 4.42 Å². The molecule has 26 heavy (non-hydrogen) atoms. The molecule has 0 aliphatic heterocycles. The van der Waals surface area contributed by atoms with Crippen molar-refractivity contribution in [3.63, 3.8) is 0 Å². The number of carbonyl (C=O) groups excluding carboxylic acids is 1. The van der Waals surface area contributed by atoms with Crippen LogP contribution in [0.4, 0.5) is 0 Å². The zero-order valence-corrected chi connectivity index (χ0v) is 14.6. The van der Waals surface area contributed by atoms with E-state index in [1.165, 1.54) is 11.9 Å². The van der Waals surface area contributed by atoms with E-state index >= 15 is 0 Å². The molecule has 0 saturated heterocycles. The van der Waals surface area contributed by atoms with E-state index in [0.717, 1.165) is 28.4 Å². The second kappa shape index (κ2) is 6.48. The molecule has 130 valence electrons. The molecule has 0 unspecified atom stereocenters. The fraction of sp³-hybridized carbons (Fsp3) is 0.150. The number of fused-ring (bicyclic) bond motifs is 3. The van der Waals surface area contributed by atoms with E-state index < -0.39 is 0 Å². The zero-order chi connectivity index (χ0) is 18.1. The average Bonchev–Trinajstić information content (AvgIpc) is 2.86. The van der Waals surface area contributed by atoms with Crippen LogP contribution in [0, 0.1) is 0 Å². The molecule has 0 saturated carbocycles. The van der Waals surface area contributed by atoms with E-state index in [-0.39, 0.29) is 11.6 Å². The van der Waals surface area contributed by atoms with Gasteiger partial charge in [0.05, 0.1) is 0 Å². The number of hydrogen-bond donors (Lipinski definition) is 1. The van der Waals surface area contributed by atoms with Gasteiger partial charge < -0.3 is 14.6 Å². The second-order valence-electron chi connectivity index (χ2n) is 6.31. The lowest BCUT2D eigenvalue weighted by molar-refractivity contribution is 0.0961. The van der Waals surface area contributed by atoms with Gasteiger partial charge in [-0.1, -0.05) is 6.08 Å². The number of likely N-dealkylation sites (N-methyl/N-ethyl adjacent to an activating group) is 1. The first-order valence-corrected chi connectivity index (χ1v) is 8.31. The van der Waals surface area contributed by atoms with Gasteiger partial charge in [0.1, 0.15) is 10.8 Å². The molecule has 0 fully saturated rings. The third-order valence-electron chi connectivity index (χ3n) is 4.35. The molecule has 6 heteroatoms. The van der Waals surface area contributed by atoms with Gasteiger partial charge in [0, 0.05) is 49.2 Å². The highest BCUT2D eigenvalue weighted by molar-refractivity contribution is 5.94. The molecule has 2 aromatic rings. The van der Waals surface area contributed by atoms with Crippen molar-refractivity contribution in [3.8, 4) is 0 Å². The highest BCUT2D eigenvalue weighted by Gasteiger charge is 2.18. The number of nitrogens with one attached hydrogen (secondary N) is 1. The van der Waals surface area contributed by atoms with Gasteiger partial charge in [-0.3, -0.25) is 4.79 Å². The van der Waals surface area contributed by atoms with Crippen LogP contribution in [0.5, 0.6) is 0 Å². The molecule has 1 N–H and O–H groups in total. The van der Waals surface area contributed by atoms with Gasteiger partial charge in [-0.25, -0.2) is 0 Å². The third kappa shape index (κ3) is 2.97. The maximum Gasteiger partial charge on any atom is 0.276 e. The van der Waals surface area contributed by atoms with Crippen LogP contribution in [0.1, 0.15) is 21.6 Å². The molecule has 2 aliphatic carbocycles. The van der Waals surface area contributed by atoms with Crippen molar-refractivity contribution in [1.29, 1.82) is 0 Å². The fourth-order valence-corrected chi connectivity index (χ4v) is 2.97. The monoisotopic (exact) mass is 346 g/mol. The summed E-state index contributed by atoms with van der Waals surface area (Å²) < 4.78 is 5.97. The van der Waals surface area contributed by atoms with Crippen LogP contribution >= 0.6 is 0 Å². The summed E-state index contributed by atoms with van der Waals surface area (Å²) in [6.45, 7) is 0. The zero-order valence-electron chi connectivity index (χ0n) is 14.6. The van der Waals surface area contributed by atoms with Crippen molar-refractivity contribution in [3.05, 3.63) is 75.6 Å². The van der Waals surface area contributed by atoms with Crippen LogP contribution in [0.2, 0.25) is 0 Å². The van der Waals surface area contributed by atoms with Crippen molar-refractivity contribution < 1.29 is 9.21 Å².